The number of aryl methyl sites for hydroxylation is 1. The zero-order valence-electron chi connectivity index (χ0n) is 14.1. The number of fused-ring (bicyclic) bond motifs is 2. The van der Waals surface area contributed by atoms with Gasteiger partial charge in [0.1, 0.15) is 5.75 Å². The Bertz CT molecular complexity index is 847. The van der Waals surface area contributed by atoms with Crippen molar-refractivity contribution in [1.82, 2.24) is 0 Å². The van der Waals surface area contributed by atoms with Gasteiger partial charge in [0.25, 0.3) is 5.91 Å². The third kappa shape index (κ3) is 2.97. The van der Waals surface area contributed by atoms with Gasteiger partial charge in [0.15, 0.2) is 6.61 Å². The third-order valence-corrected chi connectivity index (χ3v) is 4.81. The van der Waals surface area contributed by atoms with Crippen LogP contribution in [0.25, 0.3) is 0 Å². The summed E-state index contributed by atoms with van der Waals surface area (Å²) in [5, 5.41) is 2.84. The molecule has 0 aliphatic carbocycles. The maximum Gasteiger partial charge on any atom is 0.265 e. The lowest BCUT2D eigenvalue weighted by Crippen LogP contribution is -2.39. The molecule has 2 heterocycles. The zero-order chi connectivity index (χ0) is 17.4. The van der Waals surface area contributed by atoms with Gasteiger partial charge in [-0.2, -0.15) is 0 Å². The Morgan fingerprint density at radius 1 is 1.20 bits per heavy atom. The topological polar surface area (TPSA) is 58.6 Å². The first kappa shape index (κ1) is 15.7. The lowest BCUT2D eigenvalue weighted by molar-refractivity contribution is -0.121. The van der Waals surface area contributed by atoms with E-state index < -0.39 is 0 Å². The summed E-state index contributed by atoms with van der Waals surface area (Å²) in [5.74, 6) is 0.657. The Balaban J connectivity index is 1.45. The molecule has 0 saturated carbocycles. The number of carbonyl (C=O) groups is 2. The number of nitrogens with zero attached hydrogens (tertiary/aromatic N) is 1. The van der Waals surface area contributed by atoms with Gasteiger partial charge >= 0.3 is 0 Å². The fraction of sp³-hybridized carbons (Fsp3) is 0.300. The van der Waals surface area contributed by atoms with E-state index >= 15 is 0 Å². The minimum atomic E-state index is -0.0385. The molecule has 2 amide bonds. The second-order valence-electron chi connectivity index (χ2n) is 6.60. The number of benzene rings is 2. The molecule has 128 valence electrons. The molecule has 4 rings (SSSR count). The predicted octanol–water partition coefficient (Wildman–Crippen LogP) is 2.93. The highest BCUT2D eigenvalue weighted by atomic mass is 16.5. The predicted molar refractivity (Wildman–Crippen MR) is 96.0 cm³/mol. The van der Waals surface area contributed by atoms with Gasteiger partial charge in [-0.1, -0.05) is 18.2 Å². The van der Waals surface area contributed by atoms with Crippen molar-refractivity contribution >= 4 is 23.2 Å². The van der Waals surface area contributed by atoms with Crippen LogP contribution in [0.4, 0.5) is 11.4 Å². The van der Waals surface area contributed by atoms with Crippen molar-refractivity contribution in [3.8, 4) is 5.75 Å². The number of hydrogen-bond donors (Lipinski definition) is 1. The van der Waals surface area contributed by atoms with Crippen LogP contribution in [0.1, 0.15) is 24.5 Å². The van der Waals surface area contributed by atoms with Gasteiger partial charge in [-0.25, -0.2) is 0 Å². The normalized spacial score (nSPS) is 18.4. The van der Waals surface area contributed by atoms with Crippen LogP contribution in [0, 0.1) is 0 Å². The second-order valence-corrected chi connectivity index (χ2v) is 6.60. The van der Waals surface area contributed by atoms with Crippen LogP contribution in [0.3, 0.4) is 0 Å². The van der Waals surface area contributed by atoms with E-state index in [0.29, 0.717) is 18.6 Å². The summed E-state index contributed by atoms with van der Waals surface area (Å²) in [6, 6.07) is 13.7. The fourth-order valence-corrected chi connectivity index (χ4v) is 3.61. The minimum absolute atomic E-state index is 0.00379. The van der Waals surface area contributed by atoms with E-state index in [4.69, 9.17) is 4.74 Å². The Morgan fingerprint density at radius 3 is 2.92 bits per heavy atom. The summed E-state index contributed by atoms with van der Waals surface area (Å²) < 4.78 is 5.73. The van der Waals surface area contributed by atoms with Crippen LogP contribution < -0.4 is 15.0 Å². The van der Waals surface area contributed by atoms with Crippen LogP contribution in [0.2, 0.25) is 0 Å². The van der Waals surface area contributed by atoms with Crippen molar-refractivity contribution in [2.24, 2.45) is 0 Å². The standard InChI is InChI=1S/C20H20N2O3/c1-13-10-15-4-2-3-5-18(15)22(13)20(24)12-25-16-7-8-17-14(11-16)6-9-19(23)21-17/h2-5,7-8,11,13H,6,9-10,12H2,1H3,(H,21,23). The molecular formula is C20H20N2O3. The Kier molecular flexibility index (Phi) is 3.92. The molecule has 2 aliphatic rings. The number of anilines is 2. The maximum absolute atomic E-state index is 12.7. The molecule has 5 nitrogen and oxygen atoms in total. The number of carbonyl (C=O) groups excluding carboxylic acids is 2. The van der Waals surface area contributed by atoms with Crippen molar-refractivity contribution in [3.63, 3.8) is 0 Å². The van der Waals surface area contributed by atoms with E-state index in [0.717, 1.165) is 23.4 Å². The number of para-hydroxylation sites is 1. The largest absolute Gasteiger partial charge is 0.484 e. The summed E-state index contributed by atoms with van der Waals surface area (Å²) in [7, 11) is 0. The lowest BCUT2D eigenvalue weighted by Gasteiger charge is -2.23. The number of hydrogen-bond acceptors (Lipinski definition) is 3. The van der Waals surface area contributed by atoms with Crippen molar-refractivity contribution in [2.75, 3.05) is 16.8 Å². The lowest BCUT2D eigenvalue weighted by atomic mass is 10.0. The molecule has 0 aromatic heterocycles. The summed E-state index contributed by atoms with van der Waals surface area (Å²) in [4.78, 5) is 25.9. The Morgan fingerprint density at radius 2 is 2.04 bits per heavy atom. The highest BCUT2D eigenvalue weighted by Crippen LogP contribution is 2.32. The van der Waals surface area contributed by atoms with Crippen LogP contribution in [-0.4, -0.2) is 24.5 Å². The van der Waals surface area contributed by atoms with Gasteiger partial charge in [0.2, 0.25) is 5.91 Å². The SMILES string of the molecule is CC1Cc2ccccc2N1C(=O)COc1ccc2c(c1)CCC(=O)N2. The molecule has 2 aromatic rings. The molecular weight excluding hydrogens is 316 g/mol. The number of nitrogens with one attached hydrogen (secondary N) is 1. The van der Waals surface area contributed by atoms with Crippen LogP contribution in [-0.2, 0) is 22.4 Å². The van der Waals surface area contributed by atoms with E-state index in [1.54, 1.807) is 6.07 Å². The van der Waals surface area contributed by atoms with Crippen LogP contribution in [0.15, 0.2) is 42.5 Å². The fourth-order valence-electron chi connectivity index (χ4n) is 3.61. The van der Waals surface area contributed by atoms with Gasteiger partial charge in [-0.3, -0.25) is 9.59 Å². The molecule has 0 bridgehead atoms. The van der Waals surface area contributed by atoms with E-state index in [9.17, 15) is 9.59 Å². The monoisotopic (exact) mass is 336 g/mol. The van der Waals surface area contributed by atoms with Crippen LogP contribution in [0.5, 0.6) is 5.75 Å². The van der Waals surface area contributed by atoms with Crippen molar-refractivity contribution in [3.05, 3.63) is 53.6 Å². The average molecular weight is 336 g/mol. The summed E-state index contributed by atoms with van der Waals surface area (Å²) in [6.07, 6.45) is 2.06. The van der Waals surface area contributed by atoms with E-state index in [1.807, 2.05) is 35.2 Å². The highest BCUT2D eigenvalue weighted by Gasteiger charge is 2.30. The zero-order valence-corrected chi connectivity index (χ0v) is 14.1. The summed E-state index contributed by atoms with van der Waals surface area (Å²) >= 11 is 0. The smallest absolute Gasteiger partial charge is 0.265 e. The van der Waals surface area contributed by atoms with Gasteiger partial charge in [-0.15, -0.1) is 0 Å². The van der Waals surface area contributed by atoms with Crippen molar-refractivity contribution in [1.29, 1.82) is 0 Å². The van der Waals surface area contributed by atoms with E-state index in [-0.39, 0.29) is 24.5 Å². The number of ether oxygens (including phenoxy) is 1. The molecule has 1 N–H and O–H groups in total. The summed E-state index contributed by atoms with van der Waals surface area (Å²) in [6.45, 7) is 2.06. The minimum Gasteiger partial charge on any atom is -0.484 e. The first-order valence-corrected chi connectivity index (χ1v) is 8.57. The van der Waals surface area contributed by atoms with E-state index in [2.05, 4.69) is 18.3 Å². The molecule has 1 unspecified atom stereocenters. The van der Waals surface area contributed by atoms with Crippen molar-refractivity contribution in [2.45, 2.75) is 32.2 Å². The average Bonchev–Trinajstić information content (AvgIpc) is 2.95. The third-order valence-electron chi connectivity index (χ3n) is 4.81. The van der Waals surface area contributed by atoms with Gasteiger partial charge in [0.05, 0.1) is 0 Å². The number of rotatable bonds is 3. The van der Waals surface area contributed by atoms with Gasteiger partial charge < -0.3 is 15.0 Å². The van der Waals surface area contributed by atoms with Crippen molar-refractivity contribution < 1.29 is 14.3 Å². The first-order chi connectivity index (χ1) is 12.1. The van der Waals surface area contributed by atoms with Gasteiger partial charge in [-0.05, 0) is 55.2 Å². The Labute approximate surface area is 146 Å². The van der Waals surface area contributed by atoms with Crippen LogP contribution >= 0.6 is 0 Å². The Hall–Kier alpha value is -2.82. The maximum atomic E-state index is 12.7. The first-order valence-electron chi connectivity index (χ1n) is 8.57. The molecule has 0 fully saturated rings. The molecule has 2 aliphatic heterocycles. The number of amides is 2. The molecule has 5 heteroatoms. The molecule has 0 saturated heterocycles. The molecule has 2 aromatic carbocycles. The molecule has 0 spiro atoms. The summed E-state index contributed by atoms with van der Waals surface area (Å²) in [5.41, 5.74) is 4.06. The van der Waals surface area contributed by atoms with E-state index in [1.165, 1.54) is 5.56 Å². The molecule has 1 atom stereocenters. The molecule has 0 radical (unpaired) electrons. The van der Waals surface area contributed by atoms with Gasteiger partial charge in [0, 0.05) is 23.8 Å². The second kappa shape index (κ2) is 6.24. The molecule has 25 heavy (non-hydrogen) atoms. The highest BCUT2D eigenvalue weighted by molar-refractivity contribution is 5.97. The quantitative estimate of drug-likeness (QED) is 0.937.